The van der Waals surface area contributed by atoms with Crippen LogP contribution in [0.4, 0.5) is 15.9 Å². The van der Waals surface area contributed by atoms with Crippen LogP contribution in [0.25, 0.3) is 10.9 Å². The van der Waals surface area contributed by atoms with Crippen molar-refractivity contribution in [3.8, 4) is 0 Å². The lowest BCUT2D eigenvalue weighted by Gasteiger charge is -2.13. The highest BCUT2D eigenvalue weighted by Crippen LogP contribution is 2.28. The number of aromatic nitrogens is 2. The fraction of sp³-hybridized carbons (Fsp3) is 0.0625. The van der Waals surface area contributed by atoms with E-state index in [-0.39, 0.29) is 21.9 Å². The summed E-state index contributed by atoms with van der Waals surface area (Å²) in [6.07, 6.45) is 1.28. The van der Waals surface area contributed by atoms with Gasteiger partial charge in [0.1, 0.15) is 18.0 Å². The number of carbonyl (C=O) groups is 1. The van der Waals surface area contributed by atoms with Gasteiger partial charge >= 0.3 is 0 Å². The van der Waals surface area contributed by atoms with Crippen LogP contribution in [0.1, 0.15) is 15.9 Å². The van der Waals surface area contributed by atoms with E-state index in [2.05, 4.69) is 15.3 Å². The Morgan fingerprint density at radius 1 is 1.31 bits per heavy atom. The van der Waals surface area contributed by atoms with Crippen LogP contribution in [0.2, 0.25) is 5.02 Å². The summed E-state index contributed by atoms with van der Waals surface area (Å²) in [5, 5.41) is 3.35. The van der Waals surface area contributed by atoms with Gasteiger partial charge in [-0.2, -0.15) is 0 Å². The molecule has 7 nitrogen and oxygen atoms in total. The normalized spacial score (nSPS) is 12.1. The van der Waals surface area contributed by atoms with E-state index in [1.165, 1.54) is 36.7 Å². The van der Waals surface area contributed by atoms with Gasteiger partial charge in [0.25, 0.3) is 0 Å². The summed E-state index contributed by atoms with van der Waals surface area (Å²) in [5.74, 6) is -1.37. The molecule has 0 aliphatic heterocycles. The topological polar surface area (TPSA) is 121 Å². The second-order valence-electron chi connectivity index (χ2n) is 5.31. The monoisotopic (exact) mass is 393 g/mol. The Kier molecular flexibility index (Phi) is 5.12. The number of hydrogen-bond donors (Lipinski definition) is 2. The average molecular weight is 394 g/mol. The number of fused-ring (bicyclic) bond motifs is 1. The van der Waals surface area contributed by atoms with Crippen molar-refractivity contribution in [1.29, 1.82) is 0 Å². The molecule has 3 aromatic rings. The molecular formula is C16H11ClFN4O3S-. The summed E-state index contributed by atoms with van der Waals surface area (Å²) in [4.78, 5) is 19.9. The Hall–Kier alpha value is -2.62. The fourth-order valence-electron chi connectivity index (χ4n) is 2.43. The summed E-state index contributed by atoms with van der Waals surface area (Å²) >= 11 is 3.37. The fourth-order valence-corrected chi connectivity index (χ4v) is 3.11. The molecule has 2 aromatic carbocycles. The van der Waals surface area contributed by atoms with Gasteiger partial charge < -0.3 is 15.6 Å². The predicted octanol–water partition coefficient (Wildman–Crippen LogP) is 2.64. The third-order valence-electron chi connectivity index (χ3n) is 3.58. The van der Waals surface area contributed by atoms with E-state index >= 15 is 0 Å². The number of carbonyl (C=O) groups excluding carboxylic acids is 1. The van der Waals surface area contributed by atoms with Crippen molar-refractivity contribution in [1.82, 2.24) is 9.97 Å². The average Bonchev–Trinajstić information content (AvgIpc) is 2.57. The predicted molar refractivity (Wildman–Crippen MR) is 95.4 cm³/mol. The number of nitrogens with one attached hydrogen (secondary N) is 1. The van der Waals surface area contributed by atoms with E-state index in [1.807, 2.05) is 0 Å². The maximum absolute atomic E-state index is 13.3. The number of benzene rings is 2. The lowest BCUT2D eigenvalue weighted by molar-refractivity contribution is 0.1000. The summed E-state index contributed by atoms with van der Waals surface area (Å²) < 4.78 is 35.3. The number of hydrogen-bond acceptors (Lipinski definition) is 6. The van der Waals surface area contributed by atoms with Gasteiger partial charge in [-0.1, -0.05) is 22.7 Å². The molecule has 0 radical (unpaired) electrons. The van der Waals surface area contributed by atoms with Crippen molar-refractivity contribution in [2.75, 3.05) is 5.32 Å². The largest absolute Gasteiger partial charge is 0.772 e. The van der Waals surface area contributed by atoms with Crippen molar-refractivity contribution in [3.63, 3.8) is 0 Å². The molecule has 0 bridgehead atoms. The second kappa shape index (κ2) is 7.32. The van der Waals surface area contributed by atoms with E-state index in [9.17, 15) is 17.9 Å². The molecule has 10 heteroatoms. The van der Waals surface area contributed by atoms with Crippen LogP contribution in [0.3, 0.4) is 0 Å². The van der Waals surface area contributed by atoms with Gasteiger partial charge in [0, 0.05) is 22.4 Å². The highest BCUT2D eigenvalue weighted by atomic mass is 35.5. The number of anilines is 2. The van der Waals surface area contributed by atoms with Crippen molar-refractivity contribution in [2.24, 2.45) is 5.73 Å². The van der Waals surface area contributed by atoms with E-state index in [4.69, 9.17) is 17.3 Å². The molecule has 1 unspecified atom stereocenters. The van der Waals surface area contributed by atoms with Gasteiger partial charge in [-0.15, -0.1) is 0 Å². The maximum atomic E-state index is 13.3. The lowest BCUT2D eigenvalue weighted by Crippen LogP contribution is -2.15. The molecule has 1 aromatic heterocycles. The van der Waals surface area contributed by atoms with Crippen LogP contribution < -0.4 is 11.1 Å². The molecule has 0 spiro atoms. The molecule has 0 saturated heterocycles. The Balaban J connectivity index is 2.11. The van der Waals surface area contributed by atoms with Gasteiger partial charge in [0.2, 0.25) is 5.91 Å². The smallest absolute Gasteiger partial charge is 0.249 e. The van der Waals surface area contributed by atoms with E-state index in [1.54, 1.807) is 0 Å². The molecule has 1 atom stereocenters. The third kappa shape index (κ3) is 3.79. The van der Waals surface area contributed by atoms with Crippen LogP contribution in [-0.2, 0) is 16.8 Å². The molecule has 0 aliphatic carbocycles. The number of nitrogens with two attached hydrogens (primary N) is 1. The summed E-state index contributed by atoms with van der Waals surface area (Å²) in [5.41, 5.74) is 6.55. The first-order valence-electron chi connectivity index (χ1n) is 7.20. The summed E-state index contributed by atoms with van der Waals surface area (Å²) in [6.45, 7) is 0. The molecule has 1 amide bonds. The van der Waals surface area contributed by atoms with Crippen molar-refractivity contribution in [2.45, 2.75) is 5.75 Å². The van der Waals surface area contributed by atoms with E-state index in [0.717, 1.165) is 0 Å². The number of nitrogens with zero attached hydrogens (tertiary/aromatic N) is 2. The van der Waals surface area contributed by atoms with Crippen LogP contribution in [0.15, 0.2) is 36.7 Å². The van der Waals surface area contributed by atoms with E-state index < -0.39 is 22.8 Å². The number of halogens is 2. The van der Waals surface area contributed by atoms with Gasteiger partial charge in [-0.25, -0.2) is 14.4 Å². The summed E-state index contributed by atoms with van der Waals surface area (Å²) in [7, 11) is 0. The number of primary amides is 1. The Morgan fingerprint density at radius 2 is 2.08 bits per heavy atom. The van der Waals surface area contributed by atoms with Crippen molar-refractivity contribution in [3.05, 3.63) is 58.6 Å². The minimum atomic E-state index is -2.40. The molecule has 3 rings (SSSR count). The first kappa shape index (κ1) is 18.2. The Morgan fingerprint density at radius 3 is 2.73 bits per heavy atom. The molecule has 0 saturated carbocycles. The molecule has 0 fully saturated rings. The SMILES string of the molecule is NC(=O)c1cc2c(Nc3ccc(F)c(Cl)c3)ncnc2cc1CS(=O)[O-]. The number of rotatable bonds is 5. The standard InChI is InChI=1S/C16H12ClFN4O3S/c17-12-4-9(1-2-13(12)18)22-16-11-5-10(15(19)23)8(6-26(24)25)3-14(11)20-7-21-16/h1-5,7H,6H2,(H2,19,23)(H,24,25)(H,20,21,22)/p-1. The zero-order chi connectivity index (χ0) is 18.8. The first-order valence-corrected chi connectivity index (χ1v) is 8.82. The van der Waals surface area contributed by atoms with Gasteiger partial charge in [0.05, 0.1) is 10.5 Å². The minimum absolute atomic E-state index is 0.0525. The van der Waals surface area contributed by atoms with Crippen LogP contribution in [-0.4, -0.2) is 24.6 Å². The van der Waals surface area contributed by atoms with Crippen molar-refractivity contribution < 1.29 is 17.9 Å². The lowest BCUT2D eigenvalue weighted by atomic mass is 10.0. The molecule has 1 heterocycles. The molecule has 3 N–H and O–H groups in total. The van der Waals surface area contributed by atoms with Gasteiger partial charge in [0.15, 0.2) is 0 Å². The molecule has 134 valence electrons. The summed E-state index contributed by atoms with van der Waals surface area (Å²) in [6, 6.07) is 6.95. The zero-order valence-corrected chi connectivity index (χ0v) is 14.6. The third-order valence-corrected chi connectivity index (χ3v) is 4.42. The van der Waals surface area contributed by atoms with Crippen LogP contribution >= 0.6 is 11.6 Å². The Labute approximate surface area is 154 Å². The van der Waals surface area contributed by atoms with Crippen molar-refractivity contribution >= 4 is 51.0 Å². The highest BCUT2D eigenvalue weighted by molar-refractivity contribution is 7.78. The maximum Gasteiger partial charge on any atom is 0.249 e. The Bertz CT molecular complexity index is 1050. The minimum Gasteiger partial charge on any atom is -0.772 e. The quantitative estimate of drug-likeness (QED) is 0.643. The van der Waals surface area contributed by atoms with E-state index in [0.29, 0.717) is 22.4 Å². The van der Waals surface area contributed by atoms with Crippen LogP contribution in [0, 0.1) is 5.82 Å². The molecule has 26 heavy (non-hydrogen) atoms. The van der Waals surface area contributed by atoms with Gasteiger partial charge in [-0.3, -0.25) is 9.00 Å². The number of amides is 1. The van der Waals surface area contributed by atoms with Crippen LogP contribution in [0.5, 0.6) is 0 Å². The molecular weight excluding hydrogens is 383 g/mol. The van der Waals surface area contributed by atoms with Gasteiger partial charge in [-0.05, 0) is 35.9 Å². The molecule has 0 aliphatic rings. The first-order chi connectivity index (χ1) is 12.3. The highest BCUT2D eigenvalue weighted by Gasteiger charge is 2.14. The second-order valence-corrected chi connectivity index (χ2v) is 6.62. The zero-order valence-electron chi connectivity index (χ0n) is 13.0.